The summed E-state index contributed by atoms with van der Waals surface area (Å²) in [7, 11) is 0. The number of amides is 1. The van der Waals surface area contributed by atoms with Gasteiger partial charge in [-0.1, -0.05) is 12.1 Å². The van der Waals surface area contributed by atoms with Crippen molar-refractivity contribution in [2.24, 2.45) is 0 Å². The van der Waals surface area contributed by atoms with Gasteiger partial charge in [0.15, 0.2) is 5.75 Å². The van der Waals surface area contributed by atoms with Gasteiger partial charge in [0.05, 0.1) is 23.4 Å². The van der Waals surface area contributed by atoms with Crippen LogP contribution in [0.25, 0.3) is 44.2 Å². The number of carbonyl (C=O) groups excluding carboxylic acids is 1. The Bertz CT molecular complexity index is 1470. The molecule has 0 bridgehead atoms. The van der Waals surface area contributed by atoms with Crippen molar-refractivity contribution in [1.29, 1.82) is 0 Å². The van der Waals surface area contributed by atoms with Crippen LogP contribution in [0.15, 0.2) is 67.4 Å². The monoisotopic (exact) mass is 438 g/mol. The number of rotatable bonds is 3. The molecular formula is C25H22N6O2. The molecule has 0 aliphatic carbocycles. The molecular weight excluding hydrogens is 416 g/mol. The van der Waals surface area contributed by atoms with E-state index in [0.29, 0.717) is 11.4 Å². The van der Waals surface area contributed by atoms with Crippen LogP contribution in [0.4, 0.5) is 4.79 Å². The van der Waals surface area contributed by atoms with Gasteiger partial charge in [-0.05, 0) is 50.6 Å². The molecule has 0 fully saturated rings. The van der Waals surface area contributed by atoms with Gasteiger partial charge in [0.25, 0.3) is 0 Å². The Kier molecular flexibility index (Phi) is 4.97. The number of ether oxygens (including phenoxy) is 1. The Balaban J connectivity index is 1.59. The number of nitrogens with one attached hydrogen (secondary N) is 2. The largest absolute Gasteiger partial charge is 0.413 e. The van der Waals surface area contributed by atoms with E-state index >= 15 is 0 Å². The topological polar surface area (TPSA) is 106 Å². The summed E-state index contributed by atoms with van der Waals surface area (Å²) in [4.78, 5) is 25.2. The van der Waals surface area contributed by atoms with E-state index in [9.17, 15) is 4.79 Å². The Labute approximate surface area is 190 Å². The number of hydrogen-bond donors (Lipinski definition) is 2. The van der Waals surface area contributed by atoms with Crippen LogP contribution in [0.3, 0.4) is 0 Å². The van der Waals surface area contributed by atoms with E-state index in [0.717, 1.165) is 38.5 Å². The summed E-state index contributed by atoms with van der Waals surface area (Å²) in [5.41, 5.74) is 4.73. The molecule has 33 heavy (non-hydrogen) atoms. The van der Waals surface area contributed by atoms with Crippen LogP contribution in [0.5, 0.6) is 5.75 Å². The highest BCUT2D eigenvalue weighted by Crippen LogP contribution is 2.34. The highest BCUT2D eigenvalue weighted by molar-refractivity contribution is 6.11. The molecule has 0 saturated heterocycles. The number of hydrogen-bond acceptors (Lipinski definition) is 6. The average molecular weight is 438 g/mol. The number of aromatic nitrogens is 5. The Morgan fingerprint density at radius 1 is 0.970 bits per heavy atom. The quantitative estimate of drug-likeness (QED) is 0.405. The molecule has 0 saturated carbocycles. The number of aromatic amines is 1. The predicted octanol–water partition coefficient (Wildman–Crippen LogP) is 5.12. The summed E-state index contributed by atoms with van der Waals surface area (Å²) in [5, 5.41) is 12.2. The van der Waals surface area contributed by atoms with Crippen LogP contribution in [-0.4, -0.2) is 36.8 Å². The smallest absolute Gasteiger partial charge is 0.409 e. The fourth-order valence-electron chi connectivity index (χ4n) is 3.67. The molecule has 8 heteroatoms. The van der Waals surface area contributed by atoms with E-state index in [-0.39, 0.29) is 0 Å². The summed E-state index contributed by atoms with van der Waals surface area (Å²) >= 11 is 0. The predicted molar refractivity (Wildman–Crippen MR) is 127 cm³/mol. The molecule has 2 N–H and O–H groups in total. The molecule has 0 spiro atoms. The van der Waals surface area contributed by atoms with Crippen molar-refractivity contribution in [2.75, 3.05) is 0 Å². The Morgan fingerprint density at radius 3 is 2.61 bits per heavy atom. The van der Waals surface area contributed by atoms with Gasteiger partial charge in [0.1, 0.15) is 5.69 Å². The summed E-state index contributed by atoms with van der Waals surface area (Å²) in [6, 6.07) is 11.8. The van der Waals surface area contributed by atoms with E-state index in [1.54, 1.807) is 24.7 Å². The lowest BCUT2D eigenvalue weighted by Gasteiger charge is -2.19. The lowest BCUT2D eigenvalue weighted by molar-refractivity contribution is 0.190. The molecule has 1 amide bonds. The minimum atomic E-state index is -0.538. The second-order valence-electron chi connectivity index (χ2n) is 8.77. The first-order valence-corrected chi connectivity index (χ1v) is 10.5. The SMILES string of the molecule is CC(C)(C)NC(=O)Oc1cncc(-c2n[nH]c3cnc4ccc(-c5cccnc5)cc4c23)c1. The van der Waals surface area contributed by atoms with Crippen molar-refractivity contribution in [3.63, 3.8) is 0 Å². The van der Waals surface area contributed by atoms with Crippen LogP contribution in [0.2, 0.25) is 0 Å². The fraction of sp³-hybridized carbons (Fsp3) is 0.160. The van der Waals surface area contributed by atoms with Crippen molar-refractivity contribution >= 4 is 27.9 Å². The molecule has 0 unspecified atom stereocenters. The number of pyridine rings is 3. The summed E-state index contributed by atoms with van der Waals surface area (Å²) in [6.45, 7) is 5.66. The molecule has 5 rings (SSSR count). The fourth-order valence-corrected chi connectivity index (χ4v) is 3.67. The Hall–Kier alpha value is -4.33. The maximum absolute atomic E-state index is 12.2. The highest BCUT2D eigenvalue weighted by Gasteiger charge is 2.17. The van der Waals surface area contributed by atoms with Gasteiger partial charge in [0, 0.05) is 46.0 Å². The normalized spacial score (nSPS) is 11.6. The molecule has 4 aromatic heterocycles. The average Bonchev–Trinajstić information content (AvgIpc) is 3.23. The molecule has 0 aliphatic heterocycles. The summed E-state index contributed by atoms with van der Waals surface area (Å²) in [5.74, 6) is 0.333. The molecule has 0 atom stereocenters. The maximum Gasteiger partial charge on any atom is 0.413 e. The number of H-pyrrole nitrogens is 1. The van der Waals surface area contributed by atoms with Gasteiger partial charge in [-0.15, -0.1) is 0 Å². The van der Waals surface area contributed by atoms with Crippen molar-refractivity contribution in [2.45, 2.75) is 26.3 Å². The van der Waals surface area contributed by atoms with Crippen LogP contribution < -0.4 is 10.1 Å². The van der Waals surface area contributed by atoms with Gasteiger partial charge >= 0.3 is 6.09 Å². The number of benzene rings is 1. The molecule has 4 heterocycles. The van der Waals surface area contributed by atoms with E-state index in [1.807, 2.05) is 51.2 Å². The molecule has 0 aliphatic rings. The van der Waals surface area contributed by atoms with E-state index in [2.05, 4.69) is 36.5 Å². The van der Waals surface area contributed by atoms with Crippen LogP contribution >= 0.6 is 0 Å². The standard InChI is InChI=1S/C25H22N6O2/c1-25(2,3)29-24(32)33-18-9-17(12-27-13-18)23-22-19-10-15(16-5-4-8-26-11-16)6-7-20(19)28-14-21(22)30-31-23/h4-14H,1-3H3,(H,29,32)(H,30,31). The number of fused-ring (bicyclic) bond motifs is 3. The summed E-state index contributed by atoms with van der Waals surface area (Å²) in [6.07, 6.45) is 8.01. The summed E-state index contributed by atoms with van der Waals surface area (Å²) < 4.78 is 5.44. The molecule has 8 nitrogen and oxygen atoms in total. The van der Waals surface area contributed by atoms with Gasteiger partial charge in [-0.3, -0.25) is 20.1 Å². The van der Waals surface area contributed by atoms with E-state index in [1.165, 1.54) is 6.20 Å². The maximum atomic E-state index is 12.2. The highest BCUT2D eigenvalue weighted by atomic mass is 16.6. The first-order valence-electron chi connectivity index (χ1n) is 10.5. The van der Waals surface area contributed by atoms with E-state index < -0.39 is 11.6 Å². The minimum Gasteiger partial charge on any atom is -0.409 e. The molecule has 0 radical (unpaired) electrons. The second-order valence-corrected chi connectivity index (χ2v) is 8.77. The van der Waals surface area contributed by atoms with Crippen LogP contribution in [0, 0.1) is 0 Å². The van der Waals surface area contributed by atoms with Gasteiger partial charge in [0.2, 0.25) is 0 Å². The second kappa shape index (κ2) is 7.98. The van der Waals surface area contributed by atoms with Crippen molar-refractivity contribution < 1.29 is 9.53 Å². The lowest BCUT2D eigenvalue weighted by atomic mass is 10.0. The first-order chi connectivity index (χ1) is 15.9. The van der Waals surface area contributed by atoms with E-state index in [4.69, 9.17) is 4.74 Å². The zero-order chi connectivity index (χ0) is 23.0. The van der Waals surface area contributed by atoms with Crippen molar-refractivity contribution in [3.8, 4) is 28.1 Å². The third kappa shape index (κ3) is 4.23. The van der Waals surface area contributed by atoms with Crippen molar-refractivity contribution in [3.05, 3.63) is 67.4 Å². The van der Waals surface area contributed by atoms with Gasteiger partial charge in [-0.25, -0.2) is 4.79 Å². The van der Waals surface area contributed by atoms with Gasteiger partial charge in [-0.2, -0.15) is 5.10 Å². The third-order valence-corrected chi connectivity index (χ3v) is 5.06. The zero-order valence-electron chi connectivity index (χ0n) is 18.5. The first kappa shape index (κ1) is 20.6. The van der Waals surface area contributed by atoms with Crippen molar-refractivity contribution in [1.82, 2.24) is 30.5 Å². The van der Waals surface area contributed by atoms with Crippen LogP contribution in [-0.2, 0) is 0 Å². The number of nitrogens with zero attached hydrogens (tertiary/aromatic N) is 4. The van der Waals surface area contributed by atoms with Crippen LogP contribution in [0.1, 0.15) is 20.8 Å². The third-order valence-electron chi connectivity index (χ3n) is 5.06. The molecule has 1 aromatic carbocycles. The number of carbonyl (C=O) groups is 1. The zero-order valence-corrected chi connectivity index (χ0v) is 18.5. The molecule has 164 valence electrons. The lowest BCUT2D eigenvalue weighted by Crippen LogP contribution is -2.42. The minimum absolute atomic E-state index is 0.333. The van der Waals surface area contributed by atoms with Gasteiger partial charge < -0.3 is 10.1 Å². The molecule has 5 aromatic rings. The Morgan fingerprint density at radius 2 is 1.82 bits per heavy atom.